The lowest BCUT2D eigenvalue weighted by atomic mass is 9.90. The van der Waals surface area contributed by atoms with Crippen LogP contribution in [0.3, 0.4) is 0 Å². The van der Waals surface area contributed by atoms with Gasteiger partial charge in [-0.3, -0.25) is 19.3 Å². The maximum absolute atomic E-state index is 3.88. The second-order valence-electron chi connectivity index (χ2n) is 4.73. The molecule has 0 aliphatic carbocycles. The van der Waals surface area contributed by atoms with Gasteiger partial charge in [0.25, 0.3) is 0 Å². The minimum atomic E-state index is 1.01. The van der Waals surface area contributed by atoms with Gasteiger partial charge >= 0.3 is 0 Å². The molecule has 0 aliphatic rings. The van der Waals surface area contributed by atoms with Gasteiger partial charge in [0.2, 0.25) is 0 Å². The first-order valence-corrected chi connectivity index (χ1v) is 7.33. The molecule has 0 saturated carbocycles. The third-order valence-corrected chi connectivity index (χ3v) is 2.93. The van der Waals surface area contributed by atoms with E-state index in [0.717, 1.165) is 44.9 Å². The summed E-state index contributed by atoms with van der Waals surface area (Å²) in [6.07, 6.45) is 20.5. The van der Waals surface area contributed by atoms with E-state index >= 15 is 0 Å². The molecule has 102 valence electrons. The van der Waals surface area contributed by atoms with Crippen molar-refractivity contribution in [3.63, 3.8) is 0 Å². The molecule has 0 aromatic rings. The predicted molar refractivity (Wildman–Crippen MR) is 83.2 cm³/mol. The summed E-state index contributed by atoms with van der Waals surface area (Å²) < 4.78 is 0. The second kappa shape index (κ2) is 14.4. The minimum Gasteiger partial charge on any atom is -0.285 e. The quantitative estimate of drug-likeness (QED) is 0.202. The van der Waals surface area contributed by atoms with Gasteiger partial charge in [-0.1, -0.05) is 12.5 Å². The van der Waals surface area contributed by atoms with Gasteiger partial charge in [-0.15, -0.1) is 19.4 Å². The molecule has 18 heavy (non-hydrogen) atoms. The predicted octanol–water partition coefficient (Wildman–Crippen LogP) is 5.93. The molecule has 0 atom stereocenters. The summed E-state index contributed by atoms with van der Waals surface area (Å²) in [4.78, 5) is 0. The SMILES string of the molecule is C=CCCC[CH-]C[C+](C[CH-]CC[CH2+])C[CH-]CC[CH2+]. The van der Waals surface area contributed by atoms with Crippen LogP contribution in [-0.2, 0) is 0 Å². The van der Waals surface area contributed by atoms with E-state index in [0.29, 0.717) is 0 Å². The zero-order chi connectivity index (χ0) is 13.5. The van der Waals surface area contributed by atoms with E-state index in [1.807, 2.05) is 6.08 Å². The second-order valence-corrected chi connectivity index (χ2v) is 4.73. The third kappa shape index (κ3) is 11.8. The fraction of sp³-hybridized carbons (Fsp3) is 0.556. The number of rotatable bonds is 14. The minimum absolute atomic E-state index is 1.01. The number of hydrogen-bond donors (Lipinski definition) is 0. The van der Waals surface area contributed by atoms with E-state index in [4.69, 9.17) is 0 Å². The van der Waals surface area contributed by atoms with Gasteiger partial charge in [0.15, 0.2) is 0 Å². The molecule has 0 heterocycles. The van der Waals surface area contributed by atoms with Crippen molar-refractivity contribution in [2.75, 3.05) is 0 Å². The van der Waals surface area contributed by atoms with Crippen molar-refractivity contribution < 1.29 is 0 Å². The monoisotopic (exact) mass is 246 g/mol. The molecule has 0 amide bonds. The van der Waals surface area contributed by atoms with Gasteiger partial charge in [0, 0.05) is 0 Å². The van der Waals surface area contributed by atoms with Crippen LogP contribution in [0.5, 0.6) is 0 Å². The fourth-order valence-electron chi connectivity index (χ4n) is 1.86. The Kier molecular flexibility index (Phi) is 13.9. The maximum atomic E-state index is 3.88. The van der Waals surface area contributed by atoms with Crippen molar-refractivity contribution >= 4 is 0 Å². The van der Waals surface area contributed by atoms with Crippen LogP contribution in [0.15, 0.2) is 12.7 Å². The van der Waals surface area contributed by atoms with Crippen LogP contribution in [0.1, 0.15) is 64.2 Å². The van der Waals surface area contributed by atoms with E-state index in [1.165, 1.54) is 19.3 Å². The van der Waals surface area contributed by atoms with Crippen molar-refractivity contribution in [2.45, 2.75) is 64.2 Å². The van der Waals surface area contributed by atoms with Gasteiger partial charge in [-0.05, 0) is 31.6 Å². The zero-order valence-corrected chi connectivity index (χ0v) is 12.0. The average Bonchev–Trinajstić information content (AvgIpc) is 2.38. The van der Waals surface area contributed by atoms with Crippen molar-refractivity contribution in [1.29, 1.82) is 0 Å². The first kappa shape index (κ1) is 17.4. The standard InChI is InChI=1S/C18H30/c1-4-7-10-11-14-17-18(15-12-8-5-2)16-13-9-6-3/h4,12-14H,1-3,5-11,15-17H2. The van der Waals surface area contributed by atoms with Crippen LogP contribution in [0, 0.1) is 39.0 Å². The van der Waals surface area contributed by atoms with Crippen molar-refractivity contribution in [1.82, 2.24) is 0 Å². The summed E-state index contributed by atoms with van der Waals surface area (Å²) in [6.45, 7) is 11.5. The van der Waals surface area contributed by atoms with E-state index in [9.17, 15) is 0 Å². The van der Waals surface area contributed by atoms with Crippen LogP contribution in [-0.4, -0.2) is 0 Å². The summed E-state index contributed by atoms with van der Waals surface area (Å²) in [5, 5.41) is 0. The van der Waals surface area contributed by atoms with E-state index in [2.05, 4.69) is 39.7 Å². The van der Waals surface area contributed by atoms with Crippen LogP contribution in [0.4, 0.5) is 0 Å². The molecule has 0 spiro atoms. The molecular formula is C18H30. The maximum Gasteiger partial charge on any atom is 0.0587 e. The molecular weight excluding hydrogens is 216 g/mol. The molecule has 0 nitrogen and oxygen atoms in total. The van der Waals surface area contributed by atoms with Crippen LogP contribution < -0.4 is 0 Å². The van der Waals surface area contributed by atoms with E-state index in [-0.39, 0.29) is 0 Å². The number of unbranched alkanes of at least 4 members (excludes halogenated alkanes) is 7. The zero-order valence-electron chi connectivity index (χ0n) is 12.0. The topological polar surface area (TPSA) is 0 Å². The molecule has 0 N–H and O–H groups in total. The first-order valence-electron chi connectivity index (χ1n) is 7.33. The van der Waals surface area contributed by atoms with Gasteiger partial charge < -0.3 is 0 Å². The summed E-state index contributed by atoms with van der Waals surface area (Å²) in [5.41, 5.74) is 0. The van der Waals surface area contributed by atoms with E-state index in [1.54, 1.807) is 5.92 Å². The molecule has 0 aliphatic heterocycles. The average molecular weight is 246 g/mol. The molecule has 0 radical (unpaired) electrons. The van der Waals surface area contributed by atoms with Crippen LogP contribution in [0.2, 0.25) is 0 Å². The molecule has 0 heteroatoms. The molecule has 0 saturated heterocycles. The molecule has 0 aromatic carbocycles. The normalized spacial score (nSPS) is 10.4. The largest absolute Gasteiger partial charge is 0.285 e. The van der Waals surface area contributed by atoms with Gasteiger partial charge in [-0.2, -0.15) is 6.42 Å². The Morgan fingerprint density at radius 2 is 1.39 bits per heavy atom. The summed E-state index contributed by atoms with van der Waals surface area (Å²) in [6, 6.07) is 0. The van der Waals surface area contributed by atoms with Crippen molar-refractivity contribution in [3.8, 4) is 0 Å². The molecule has 0 aromatic heterocycles. The summed E-state index contributed by atoms with van der Waals surface area (Å²) in [5.74, 6) is 1.63. The highest BCUT2D eigenvalue weighted by Crippen LogP contribution is 2.24. The lowest BCUT2D eigenvalue weighted by molar-refractivity contribution is 0.693. The smallest absolute Gasteiger partial charge is 0.0587 e. The number of hydrogen-bond acceptors (Lipinski definition) is 0. The Morgan fingerprint density at radius 3 is 1.83 bits per heavy atom. The fourth-order valence-corrected chi connectivity index (χ4v) is 1.86. The Hall–Kier alpha value is -0.650. The highest BCUT2D eigenvalue weighted by Gasteiger charge is 2.05. The van der Waals surface area contributed by atoms with Crippen molar-refractivity contribution in [2.24, 2.45) is 0 Å². The highest BCUT2D eigenvalue weighted by molar-refractivity contribution is 5.01. The molecule has 0 fully saturated rings. The highest BCUT2D eigenvalue weighted by atomic mass is 14.1. The van der Waals surface area contributed by atoms with Gasteiger partial charge in [0.1, 0.15) is 0 Å². The Labute approximate surface area is 116 Å². The summed E-state index contributed by atoms with van der Waals surface area (Å²) >= 11 is 0. The lowest BCUT2D eigenvalue weighted by Crippen LogP contribution is -2.00. The lowest BCUT2D eigenvalue weighted by Gasteiger charge is -2.20. The number of allylic oxidation sites excluding steroid dienone is 1. The van der Waals surface area contributed by atoms with Crippen LogP contribution in [0.25, 0.3) is 0 Å². The Balaban J connectivity index is 3.62. The van der Waals surface area contributed by atoms with Crippen LogP contribution >= 0.6 is 0 Å². The van der Waals surface area contributed by atoms with Crippen molar-refractivity contribution in [3.05, 3.63) is 51.7 Å². The first-order chi connectivity index (χ1) is 8.85. The third-order valence-electron chi connectivity index (χ3n) is 2.93. The molecule has 0 bridgehead atoms. The van der Waals surface area contributed by atoms with E-state index < -0.39 is 0 Å². The molecule has 0 unspecified atom stereocenters. The summed E-state index contributed by atoms with van der Waals surface area (Å²) in [7, 11) is 0. The van der Waals surface area contributed by atoms with Gasteiger partial charge in [0.05, 0.1) is 26.7 Å². The van der Waals surface area contributed by atoms with Gasteiger partial charge in [-0.25, -0.2) is 0 Å². The molecule has 0 rings (SSSR count). The Morgan fingerprint density at radius 1 is 0.889 bits per heavy atom. The Bertz CT molecular complexity index is 149.